The highest BCUT2D eigenvalue weighted by Gasteiger charge is 2.10. The molecule has 0 bridgehead atoms. The van der Waals surface area contributed by atoms with Crippen LogP contribution in [0.5, 0.6) is 5.75 Å². The minimum Gasteiger partial charge on any atom is -0.493 e. The van der Waals surface area contributed by atoms with Gasteiger partial charge in [-0.05, 0) is 36.8 Å². The van der Waals surface area contributed by atoms with E-state index in [1.807, 2.05) is 43.3 Å². The van der Waals surface area contributed by atoms with E-state index < -0.39 is 0 Å². The molecule has 1 amide bonds. The smallest absolute Gasteiger partial charge is 0.221 e. The molecule has 1 heterocycles. The van der Waals surface area contributed by atoms with E-state index in [1.54, 1.807) is 13.3 Å². The number of carbonyl (C=O) groups is 1. The number of carbonyl (C=O) groups excluding carboxylic acids is 1. The van der Waals surface area contributed by atoms with Crippen molar-refractivity contribution in [2.75, 3.05) is 17.7 Å². The summed E-state index contributed by atoms with van der Waals surface area (Å²) in [6.07, 6.45) is 1.71. The van der Waals surface area contributed by atoms with Gasteiger partial charge in [0.15, 0.2) is 11.6 Å². The van der Waals surface area contributed by atoms with Crippen molar-refractivity contribution in [3.8, 4) is 5.75 Å². The van der Waals surface area contributed by atoms with Crippen molar-refractivity contribution >= 4 is 17.4 Å². The molecule has 2 aromatic rings. The third kappa shape index (κ3) is 3.95. The molecule has 0 aliphatic heterocycles. The van der Waals surface area contributed by atoms with Gasteiger partial charge in [0.25, 0.3) is 0 Å². The highest BCUT2D eigenvalue weighted by atomic mass is 16.5. The van der Waals surface area contributed by atoms with Crippen LogP contribution in [0.25, 0.3) is 0 Å². The molecule has 0 fully saturated rings. The van der Waals surface area contributed by atoms with Gasteiger partial charge >= 0.3 is 0 Å². The lowest BCUT2D eigenvalue weighted by molar-refractivity contribution is -0.114. The van der Waals surface area contributed by atoms with E-state index in [2.05, 4.69) is 15.6 Å². The second-order valence-corrected chi connectivity index (χ2v) is 4.73. The van der Waals surface area contributed by atoms with Gasteiger partial charge in [-0.2, -0.15) is 0 Å². The van der Waals surface area contributed by atoms with Gasteiger partial charge in [0.1, 0.15) is 0 Å². The molecule has 21 heavy (non-hydrogen) atoms. The molecule has 0 spiro atoms. The molecule has 1 aromatic carbocycles. The van der Waals surface area contributed by atoms with Crippen LogP contribution in [0.2, 0.25) is 0 Å². The molecule has 0 saturated carbocycles. The number of methoxy groups -OCH3 is 1. The van der Waals surface area contributed by atoms with Gasteiger partial charge in [0.2, 0.25) is 5.91 Å². The highest BCUT2D eigenvalue weighted by Crippen LogP contribution is 2.26. The van der Waals surface area contributed by atoms with Crippen LogP contribution >= 0.6 is 0 Å². The normalized spacial score (nSPS) is 11.6. The first kappa shape index (κ1) is 14.8. The van der Waals surface area contributed by atoms with Crippen molar-refractivity contribution in [1.29, 1.82) is 0 Å². The number of aromatic nitrogens is 1. The van der Waals surface area contributed by atoms with Crippen molar-refractivity contribution in [3.05, 3.63) is 48.2 Å². The van der Waals surface area contributed by atoms with Gasteiger partial charge < -0.3 is 15.4 Å². The lowest BCUT2D eigenvalue weighted by Crippen LogP contribution is -2.10. The third-order valence-corrected chi connectivity index (χ3v) is 3.05. The standard InChI is InChI=1S/C16H19N3O2/c1-11(18-16-15(21-3)8-5-9-17-16)13-6-4-7-14(10-13)19-12(2)20/h4-11H,1-3H3,(H,17,18)(H,19,20). The molecule has 0 saturated heterocycles. The molecule has 2 N–H and O–H groups in total. The van der Waals surface area contributed by atoms with Crippen LogP contribution in [0, 0.1) is 0 Å². The molecule has 0 radical (unpaired) electrons. The van der Waals surface area contributed by atoms with Crippen molar-refractivity contribution in [2.24, 2.45) is 0 Å². The fourth-order valence-corrected chi connectivity index (χ4v) is 2.04. The van der Waals surface area contributed by atoms with Gasteiger partial charge in [0.05, 0.1) is 13.2 Å². The average molecular weight is 285 g/mol. The zero-order valence-electron chi connectivity index (χ0n) is 12.4. The van der Waals surface area contributed by atoms with Crippen LogP contribution < -0.4 is 15.4 Å². The zero-order chi connectivity index (χ0) is 15.2. The van der Waals surface area contributed by atoms with Crippen molar-refractivity contribution < 1.29 is 9.53 Å². The van der Waals surface area contributed by atoms with Gasteiger partial charge in [-0.1, -0.05) is 12.1 Å². The summed E-state index contributed by atoms with van der Waals surface area (Å²) < 4.78 is 5.28. The van der Waals surface area contributed by atoms with Crippen LogP contribution in [0.4, 0.5) is 11.5 Å². The number of benzene rings is 1. The van der Waals surface area contributed by atoms with E-state index in [0.29, 0.717) is 11.6 Å². The lowest BCUT2D eigenvalue weighted by Gasteiger charge is -2.17. The topological polar surface area (TPSA) is 63.2 Å². The first-order valence-electron chi connectivity index (χ1n) is 6.73. The van der Waals surface area contributed by atoms with E-state index >= 15 is 0 Å². The Hall–Kier alpha value is -2.56. The van der Waals surface area contributed by atoms with Crippen LogP contribution in [-0.4, -0.2) is 18.0 Å². The van der Waals surface area contributed by atoms with E-state index in [-0.39, 0.29) is 11.9 Å². The Kier molecular flexibility index (Phi) is 4.77. The Balaban J connectivity index is 2.16. The molecular weight excluding hydrogens is 266 g/mol. The lowest BCUT2D eigenvalue weighted by atomic mass is 10.1. The number of anilines is 2. The van der Waals surface area contributed by atoms with Crippen LogP contribution in [0.3, 0.4) is 0 Å². The summed E-state index contributed by atoms with van der Waals surface area (Å²) in [6, 6.07) is 11.4. The van der Waals surface area contributed by atoms with Gasteiger partial charge in [-0.3, -0.25) is 4.79 Å². The molecule has 110 valence electrons. The molecule has 5 heteroatoms. The number of hydrogen-bond acceptors (Lipinski definition) is 4. The Bertz CT molecular complexity index is 628. The Morgan fingerprint density at radius 1 is 1.29 bits per heavy atom. The fraction of sp³-hybridized carbons (Fsp3) is 0.250. The molecule has 0 aliphatic rings. The summed E-state index contributed by atoms with van der Waals surface area (Å²) in [5.74, 6) is 1.30. The fourth-order valence-electron chi connectivity index (χ4n) is 2.04. The number of nitrogens with zero attached hydrogens (tertiary/aromatic N) is 1. The first-order chi connectivity index (χ1) is 10.1. The minimum atomic E-state index is -0.0841. The molecular formula is C16H19N3O2. The summed E-state index contributed by atoms with van der Waals surface area (Å²) in [5.41, 5.74) is 1.83. The van der Waals surface area contributed by atoms with E-state index in [0.717, 1.165) is 11.3 Å². The van der Waals surface area contributed by atoms with Crippen molar-refractivity contribution in [3.63, 3.8) is 0 Å². The van der Waals surface area contributed by atoms with Gasteiger partial charge in [-0.15, -0.1) is 0 Å². The van der Waals surface area contributed by atoms with Crippen LogP contribution in [0.15, 0.2) is 42.6 Å². The van der Waals surface area contributed by atoms with E-state index in [9.17, 15) is 4.79 Å². The number of amides is 1. The maximum atomic E-state index is 11.1. The summed E-state index contributed by atoms with van der Waals surface area (Å²) >= 11 is 0. The Labute approximate surface area is 124 Å². The molecule has 1 atom stereocenters. The molecule has 5 nitrogen and oxygen atoms in total. The molecule has 1 aromatic heterocycles. The van der Waals surface area contributed by atoms with Crippen molar-refractivity contribution in [2.45, 2.75) is 19.9 Å². The second kappa shape index (κ2) is 6.74. The van der Waals surface area contributed by atoms with Crippen molar-refractivity contribution in [1.82, 2.24) is 4.98 Å². The van der Waals surface area contributed by atoms with E-state index in [1.165, 1.54) is 6.92 Å². The summed E-state index contributed by atoms with van der Waals surface area (Å²) in [4.78, 5) is 15.4. The SMILES string of the molecule is COc1cccnc1NC(C)c1cccc(NC(C)=O)c1. The number of rotatable bonds is 5. The summed E-state index contributed by atoms with van der Waals surface area (Å²) in [5, 5.41) is 6.09. The molecule has 2 rings (SSSR count). The second-order valence-electron chi connectivity index (χ2n) is 4.73. The number of nitrogens with one attached hydrogen (secondary N) is 2. The predicted octanol–water partition coefficient (Wildman–Crippen LogP) is 3.22. The quantitative estimate of drug-likeness (QED) is 0.885. The number of hydrogen-bond donors (Lipinski definition) is 2. The summed E-state index contributed by atoms with van der Waals surface area (Å²) in [7, 11) is 1.62. The zero-order valence-corrected chi connectivity index (χ0v) is 12.4. The number of ether oxygens (including phenoxy) is 1. The third-order valence-electron chi connectivity index (χ3n) is 3.05. The van der Waals surface area contributed by atoms with Gasteiger partial charge in [-0.25, -0.2) is 4.98 Å². The van der Waals surface area contributed by atoms with Crippen LogP contribution in [-0.2, 0) is 4.79 Å². The maximum absolute atomic E-state index is 11.1. The van der Waals surface area contributed by atoms with Crippen LogP contribution in [0.1, 0.15) is 25.5 Å². The molecule has 1 unspecified atom stereocenters. The highest BCUT2D eigenvalue weighted by molar-refractivity contribution is 5.88. The largest absolute Gasteiger partial charge is 0.493 e. The average Bonchev–Trinajstić information content (AvgIpc) is 2.47. The minimum absolute atomic E-state index is 0.0301. The van der Waals surface area contributed by atoms with Gasteiger partial charge in [0, 0.05) is 18.8 Å². The van der Waals surface area contributed by atoms with E-state index in [4.69, 9.17) is 4.74 Å². The number of pyridine rings is 1. The Morgan fingerprint density at radius 2 is 2.10 bits per heavy atom. The monoisotopic (exact) mass is 285 g/mol. The first-order valence-corrected chi connectivity index (χ1v) is 6.73. The Morgan fingerprint density at radius 3 is 2.81 bits per heavy atom. The summed E-state index contributed by atoms with van der Waals surface area (Å²) in [6.45, 7) is 3.52. The predicted molar refractivity (Wildman–Crippen MR) is 83.6 cm³/mol. The maximum Gasteiger partial charge on any atom is 0.221 e. The molecule has 0 aliphatic carbocycles.